The summed E-state index contributed by atoms with van der Waals surface area (Å²) in [5, 5.41) is 14.5. The van der Waals surface area contributed by atoms with Gasteiger partial charge in [-0.25, -0.2) is 0 Å². The Labute approximate surface area is 170 Å². The van der Waals surface area contributed by atoms with Gasteiger partial charge in [-0.2, -0.15) is 17.9 Å². The van der Waals surface area contributed by atoms with Gasteiger partial charge in [0.2, 0.25) is 11.9 Å². The lowest BCUT2D eigenvalue weighted by molar-refractivity contribution is -0.137. The van der Waals surface area contributed by atoms with Gasteiger partial charge in [0.15, 0.2) is 0 Å². The molecule has 1 aliphatic heterocycles. The lowest BCUT2D eigenvalue weighted by atomic mass is 9.96. The largest absolute Gasteiger partial charge is 0.416 e. The van der Waals surface area contributed by atoms with Gasteiger partial charge >= 0.3 is 6.18 Å². The highest BCUT2D eigenvalue weighted by Gasteiger charge is 2.31. The second-order valence-electron chi connectivity index (χ2n) is 7.06. The van der Waals surface area contributed by atoms with Crippen molar-refractivity contribution in [1.82, 2.24) is 20.2 Å². The second kappa shape index (κ2) is 8.13. The lowest BCUT2D eigenvalue weighted by Crippen LogP contribution is -2.39. The zero-order valence-corrected chi connectivity index (χ0v) is 15.9. The molecule has 156 valence electrons. The Kier molecular flexibility index (Phi) is 5.39. The van der Waals surface area contributed by atoms with Gasteiger partial charge in [-0.05, 0) is 53.6 Å². The van der Waals surface area contributed by atoms with Crippen LogP contribution in [0.25, 0.3) is 5.69 Å². The summed E-state index contributed by atoms with van der Waals surface area (Å²) in [7, 11) is 0. The molecule has 3 aromatic rings. The van der Waals surface area contributed by atoms with Crippen molar-refractivity contribution in [3.63, 3.8) is 0 Å². The Hall–Kier alpha value is -3.43. The van der Waals surface area contributed by atoms with Crippen molar-refractivity contribution in [3.05, 3.63) is 60.2 Å². The highest BCUT2D eigenvalue weighted by molar-refractivity contribution is 5.92. The topological polar surface area (TPSA) is 75.9 Å². The number of nitrogens with zero attached hydrogens (tertiary/aromatic N) is 5. The maximum atomic E-state index is 12.9. The normalized spacial score (nSPS) is 15.2. The Morgan fingerprint density at radius 2 is 1.77 bits per heavy atom. The summed E-state index contributed by atoms with van der Waals surface area (Å²) >= 11 is 0. The molecule has 2 aromatic carbocycles. The molecule has 0 aliphatic carbocycles. The smallest absolute Gasteiger partial charge is 0.339 e. The molecule has 0 radical (unpaired) electrons. The van der Waals surface area contributed by atoms with Gasteiger partial charge < -0.3 is 10.2 Å². The number of hydrogen-bond donors (Lipinski definition) is 1. The summed E-state index contributed by atoms with van der Waals surface area (Å²) in [6.07, 6.45) is -3.35. The third-order valence-electron chi connectivity index (χ3n) is 5.06. The average Bonchev–Trinajstić information content (AvgIpc) is 3.24. The number of tetrazole rings is 1. The van der Waals surface area contributed by atoms with E-state index >= 15 is 0 Å². The van der Waals surface area contributed by atoms with Crippen molar-refractivity contribution in [3.8, 4) is 5.69 Å². The second-order valence-corrected chi connectivity index (χ2v) is 7.06. The number of carbonyl (C=O) groups is 1. The molecule has 1 fully saturated rings. The molecule has 0 saturated carbocycles. The molecule has 0 unspecified atom stereocenters. The predicted octanol–water partition coefficient (Wildman–Crippen LogP) is 3.54. The zero-order valence-electron chi connectivity index (χ0n) is 15.9. The van der Waals surface area contributed by atoms with Crippen LogP contribution in [0, 0.1) is 5.92 Å². The first-order valence-electron chi connectivity index (χ1n) is 9.49. The molecule has 0 spiro atoms. The first-order valence-corrected chi connectivity index (χ1v) is 9.49. The number of aromatic nitrogens is 4. The minimum atomic E-state index is -4.45. The van der Waals surface area contributed by atoms with E-state index in [1.807, 2.05) is 35.2 Å². The van der Waals surface area contributed by atoms with E-state index in [0.29, 0.717) is 31.9 Å². The van der Waals surface area contributed by atoms with Crippen molar-refractivity contribution in [2.45, 2.75) is 19.0 Å². The number of hydrogen-bond acceptors (Lipinski definition) is 5. The van der Waals surface area contributed by atoms with Crippen LogP contribution in [0.4, 0.5) is 24.8 Å². The molecule has 0 bridgehead atoms. The van der Waals surface area contributed by atoms with E-state index in [4.69, 9.17) is 0 Å². The third kappa shape index (κ3) is 4.27. The number of piperidine rings is 1. The fourth-order valence-electron chi connectivity index (χ4n) is 3.48. The summed E-state index contributed by atoms with van der Waals surface area (Å²) in [6, 6.07) is 14.1. The molecule has 10 heteroatoms. The fraction of sp³-hybridized carbons (Fsp3) is 0.300. The molecule has 1 aliphatic rings. The van der Waals surface area contributed by atoms with Gasteiger partial charge in [0.05, 0.1) is 11.3 Å². The van der Waals surface area contributed by atoms with Crippen LogP contribution in [0.5, 0.6) is 0 Å². The SMILES string of the molecule is O=C(Nc1cccc(C(F)(F)F)c1)C1CCN(c2nnnn2-c2ccccc2)CC1. The Morgan fingerprint density at radius 1 is 1.03 bits per heavy atom. The van der Waals surface area contributed by atoms with E-state index in [2.05, 4.69) is 20.8 Å². The number of alkyl halides is 3. The van der Waals surface area contributed by atoms with Crippen LogP contribution < -0.4 is 10.2 Å². The van der Waals surface area contributed by atoms with Crippen molar-refractivity contribution in [1.29, 1.82) is 0 Å². The monoisotopic (exact) mass is 416 g/mol. The molecule has 2 heterocycles. The number of halogens is 3. The van der Waals surface area contributed by atoms with E-state index in [1.54, 1.807) is 4.68 Å². The van der Waals surface area contributed by atoms with Gasteiger partial charge in [-0.3, -0.25) is 4.79 Å². The maximum Gasteiger partial charge on any atom is 0.416 e. The molecule has 0 atom stereocenters. The minimum Gasteiger partial charge on any atom is -0.339 e. The number of rotatable bonds is 4. The minimum absolute atomic E-state index is 0.144. The first-order chi connectivity index (χ1) is 14.4. The highest BCUT2D eigenvalue weighted by Crippen LogP contribution is 2.31. The van der Waals surface area contributed by atoms with Crippen LogP contribution in [-0.4, -0.2) is 39.2 Å². The molecule has 7 nitrogen and oxygen atoms in total. The molecule has 1 N–H and O–H groups in total. The molecule has 1 saturated heterocycles. The summed E-state index contributed by atoms with van der Waals surface area (Å²) < 4.78 is 40.2. The number of carbonyl (C=O) groups excluding carboxylic acids is 1. The van der Waals surface area contributed by atoms with Gasteiger partial charge in [0.1, 0.15) is 0 Å². The maximum absolute atomic E-state index is 12.9. The summed E-state index contributed by atoms with van der Waals surface area (Å²) in [6.45, 7) is 1.13. The van der Waals surface area contributed by atoms with Crippen LogP contribution in [0.3, 0.4) is 0 Å². The number of amides is 1. The Morgan fingerprint density at radius 3 is 2.47 bits per heavy atom. The average molecular weight is 416 g/mol. The number of anilines is 2. The summed E-state index contributed by atoms with van der Waals surface area (Å²) in [5.74, 6) is 0.0198. The van der Waals surface area contributed by atoms with Crippen LogP contribution in [0.2, 0.25) is 0 Å². The zero-order chi connectivity index (χ0) is 21.1. The quantitative estimate of drug-likeness (QED) is 0.704. The number of benzene rings is 2. The van der Waals surface area contributed by atoms with Gasteiger partial charge in [0.25, 0.3) is 0 Å². The third-order valence-corrected chi connectivity index (χ3v) is 5.06. The van der Waals surface area contributed by atoms with Crippen molar-refractivity contribution in [2.24, 2.45) is 5.92 Å². The molecule has 4 rings (SSSR count). The van der Waals surface area contributed by atoms with E-state index in [-0.39, 0.29) is 17.5 Å². The Balaban J connectivity index is 1.39. The van der Waals surface area contributed by atoms with E-state index in [9.17, 15) is 18.0 Å². The molecular weight excluding hydrogens is 397 g/mol. The molecule has 1 amide bonds. The summed E-state index contributed by atoms with van der Waals surface area (Å²) in [4.78, 5) is 14.6. The highest BCUT2D eigenvalue weighted by atomic mass is 19.4. The molecule has 1 aromatic heterocycles. The summed E-state index contributed by atoms with van der Waals surface area (Å²) in [5.41, 5.74) is 0.190. The number of nitrogens with one attached hydrogen (secondary N) is 1. The standard InChI is InChI=1S/C20H19F3N6O/c21-20(22,23)15-5-4-6-16(13-15)24-18(30)14-9-11-28(12-10-14)19-25-26-27-29(19)17-7-2-1-3-8-17/h1-8,13-14H,9-12H2,(H,24,30). The number of para-hydroxylation sites is 1. The van der Waals surface area contributed by atoms with Crippen LogP contribution in [0.1, 0.15) is 18.4 Å². The van der Waals surface area contributed by atoms with Gasteiger partial charge in [-0.1, -0.05) is 29.4 Å². The van der Waals surface area contributed by atoms with Crippen molar-refractivity contribution < 1.29 is 18.0 Å². The van der Waals surface area contributed by atoms with E-state index < -0.39 is 11.7 Å². The van der Waals surface area contributed by atoms with E-state index in [1.165, 1.54) is 12.1 Å². The van der Waals surface area contributed by atoms with Crippen molar-refractivity contribution in [2.75, 3.05) is 23.3 Å². The fourth-order valence-corrected chi connectivity index (χ4v) is 3.48. The van der Waals surface area contributed by atoms with Crippen LogP contribution in [-0.2, 0) is 11.0 Å². The Bertz CT molecular complexity index is 1010. The van der Waals surface area contributed by atoms with Gasteiger partial charge in [0, 0.05) is 24.7 Å². The van der Waals surface area contributed by atoms with Gasteiger partial charge in [-0.15, -0.1) is 0 Å². The predicted molar refractivity (Wildman–Crippen MR) is 104 cm³/mol. The van der Waals surface area contributed by atoms with E-state index in [0.717, 1.165) is 17.8 Å². The van der Waals surface area contributed by atoms with Crippen LogP contribution in [0.15, 0.2) is 54.6 Å². The molecular formula is C20H19F3N6O. The lowest BCUT2D eigenvalue weighted by Gasteiger charge is -2.31. The van der Waals surface area contributed by atoms with Crippen LogP contribution >= 0.6 is 0 Å². The van der Waals surface area contributed by atoms with Crippen molar-refractivity contribution >= 4 is 17.5 Å². The first kappa shape index (κ1) is 19.9. The molecule has 30 heavy (non-hydrogen) atoms.